The predicted molar refractivity (Wildman–Crippen MR) is 149 cm³/mol. The average Bonchev–Trinajstić information content (AvgIpc) is 3.32. The van der Waals surface area contributed by atoms with E-state index in [2.05, 4.69) is 15.0 Å². The van der Waals surface area contributed by atoms with Gasteiger partial charge in [0, 0.05) is 29.4 Å². The molecule has 12 heteroatoms. The van der Waals surface area contributed by atoms with Gasteiger partial charge in [-0.05, 0) is 64.5 Å². The zero-order chi connectivity index (χ0) is 28.4. The Hall–Kier alpha value is -4.16. The van der Waals surface area contributed by atoms with Crippen molar-refractivity contribution in [2.75, 3.05) is 33.9 Å². The molecule has 0 fully saturated rings. The van der Waals surface area contributed by atoms with Gasteiger partial charge in [0.2, 0.25) is 5.88 Å². The Bertz CT molecular complexity index is 1670. The molecule has 1 amide bonds. The van der Waals surface area contributed by atoms with E-state index >= 15 is 0 Å². The topological polar surface area (TPSA) is 150 Å². The molecule has 3 heterocycles. The molecule has 1 aliphatic rings. The molecule has 210 valence electrons. The lowest BCUT2D eigenvalue weighted by molar-refractivity contribution is 0.0997. The standard InChI is InChI=1S/C28H31N5O6S/c1-17-7-9-20(10-8-17)40(35,36)39-28-31-24-21(19-14-18-6-4-12-38-27(18)30-16-19)15-22(37-13-5-11-33(2)3)23(26(29)34)25(24)32-28/h7-10,14-16H,4-6,11-13H2,1-3H3,(H2,29,34)(H,31,32). The van der Waals surface area contributed by atoms with E-state index in [-0.39, 0.29) is 27.7 Å². The first kappa shape index (κ1) is 27.4. The zero-order valence-electron chi connectivity index (χ0n) is 22.6. The molecule has 4 aromatic rings. The highest BCUT2D eigenvalue weighted by Gasteiger charge is 2.26. The van der Waals surface area contributed by atoms with Gasteiger partial charge in [0.15, 0.2) is 0 Å². The van der Waals surface area contributed by atoms with E-state index in [1.807, 2.05) is 32.0 Å². The fourth-order valence-electron chi connectivity index (χ4n) is 4.55. The number of nitrogens with one attached hydrogen (secondary N) is 1. The van der Waals surface area contributed by atoms with Crippen LogP contribution in [0.1, 0.15) is 34.3 Å². The monoisotopic (exact) mass is 565 g/mol. The Morgan fingerprint density at radius 1 is 1.20 bits per heavy atom. The Balaban J connectivity index is 1.62. The molecule has 0 bridgehead atoms. The summed E-state index contributed by atoms with van der Waals surface area (Å²) in [5.41, 5.74) is 9.45. The minimum Gasteiger partial charge on any atom is -0.493 e. The third-order valence-corrected chi connectivity index (χ3v) is 7.75. The maximum absolute atomic E-state index is 13.0. The summed E-state index contributed by atoms with van der Waals surface area (Å²) in [6, 6.07) is 9.58. The SMILES string of the molecule is Cc1ccc(S(=O)(=O)Oc2nc3c(-c4cnc5c(c4)CCCO5)cc(OCCCN(C)C)c(C(N)=O)c3[nH]2)cc1. The molecule has 2 aromatic carbocycles. The Labute approximate surface area is 232 Å². The second kappa shape index (κ2) is 11.1. The summed E-state index contributed by atoms with van der Waals surface area (Å²) in [5, 5.41) is 0. The number of aromatic nitrogens is 3. The number of amides is 1. The zero-order valence-corrected chi connectivity index (χ0v) is 23.4. The molecular formula is C28H31N5O6S. The summed E-state index contributed by atoms with van der Waals surface area (Å²) in [7, 11) is -0.289. The number of primary amides is 1. The number of fused-ring (bicyclic) bond motifs is 2. The van der Waals surface area contributed by atoms with Crippen LogP contribution < -0.4 is 19.4 Å². The second-order valence-corrected chi connectivity index (χ2v) is 11.5. The van der Waals surface area contributed by atoms with Gasteiger partial charge in [0.25, 0.3) is 5.91 Å². The summed E-state index contributed by atoms with van der Waals surface area (Å²) in [4.78, 5) is 26.4. The van der Waals surface area contributed by atoms with Gasteiger partial charge in [-0.2, -0.15) is 13.4 Å². The quantitative estimate of drug-likeness (QED) is 0.218. The number of hydrogen-bond donors (Lipinski definition) is 2. The van der Waals surface area contributed by atoms with Crippen molar-refractivity contribution in [2.24, 2.45) is 5.73 Å². The lowest BCUT2D eigenvalue weighted by atomic mass is 9.99. The van der Waals surface area contributed by atoms with Gasteiger partial charge in [-0.25, -0.2) is 4.98 Å². The third-order valence-electron chi connectivity index (χ3n) is 6.53. The molecule has 0 radical (unpaired) electrons. The number of aryl methyl sites for hydroxylation is 2. The van der Waals surface area contributed by atoms with E-state index in [1.165, 1.54) is 12.1 Å². The van der Waals surface area contributed by atoms with Crippen LogP contribution in [0, 0.1) is 6.92 Å². The summed E-state index contributed by atoms with van der Waals surface area (Å²) >= 11 is 0. The maximum Gasteiger partial charge on any atom is 0.341 e. The van der Waals surface area contributed by atoms with E-state index in [1.54, 1.807) is 24.4 Å². The number of benzene rings is 2. The van der Waals surface area contributed by atoms with Crippen LogP contribution in [-0.2, 0) is 16.5 Å². The number of nitrogens with two attached hydrogens (primary N) is 1. The highest BCUT2D eigenvalue weighted by molar-refractivity contribution is 7.87. The van der Waals surface area contributed by atoms with E-state index in [0.29, 0.717) is 42.2 Å². The van der Waals surface area contributed by atoms with Crippen molar-refractivity contribution >= 4 is 27.1 Å². The van der Waals surface area contributed by atoms with E-state index in [0.717, 1.165) is 30.5 Å². The normalized spacial score (nSPS) is 13.2. The number of nitrogens with zero attached hydrogens (tertiary/aromatic N) is 3. The highest BCUT2D eigenvalue weighted by atomic mass is 32.2. The Morgan fingerprint density at radius 2 is 1.98 bits per heavy atom. The number of imidazole rings is 1. The molecule has 0 unspecified atom stereocenters. The smallest absolute Gasteiger partial charge is 0.341 e. The van der Waals surface area contributed by atoms with Crippen LogP contribution in [0.2, 0.25) is 0 Å². The number of carbonyl (C=O) groups excluding carboxylic acids is 1. The number of H-pyrrole nitrogens is 1. The molecule has 0 spiro atoms. The lowest BCUT2D eigenvalue weighted by Gasteiger charge is -2.18. The molecule has 2 aromatic heterocycles. The van der Waals surface area contributed by atoms with E-state index in [9.17, 15) is 13.2 Å². The number of ether oxygens (including phenoxy) is 2. The van der Waals surface area contributed by atoms with Crippen molar-refractivity contribution in [1.82, 2.24) is 19.9 Å². The highest BCUT2D eigenvalue weighted by Crippen LogP contribution is 2.38. The van der Waals surface area contributed by atoms with Crippen LogP contribution in [0.5, 0.6) is 17.6 Å². The number of carbonyl (C=O) groups is 1. The van der Waals surface area contributed by atoms with Gasteiger partial charge in [-0.15, -0.1) is 0 Å². The molecular weight excluding hydrogens is 534 g/mol. The fourth-order valence-corrected chi connectivity index (χ4v) is 5.40. The molecule has 1 aliphatic heterocycles. The van der Waals surface area contributed by atoms with E-state index < -0.39 is 16.0 Å². The second-order valence-electron chi connectivity index (χ2n) is 9.92. The van der Waals surface area contributed by atoms with Gasteiger partial charge < -0.3 is 29.3 Å². The first-order valence-corrected chi connectivity index (χ1v) is 14.3. The minimum atomic E-state index is -4.21. The Kier molecular flexibility index (Phi) is 7.63. The summed E-state index contributed by atoms with van der Waals surface area (Å²) in [6.45, 7) is 3.58. The van der Waals surface area contributed by atoms with Crippen molar-refractivity contribution in [3.63, 3.8) is 0 Å². The van der Waals surface area contributed by atoms with Crippen LogP contribution in [0.4, 0.5) is 0 Å². The summed E-state index contributed by atoms with van der Waals surface area (Å²) < 4.78 is 43.1. The predicted octanol–water partition coefficient (Wildman–Crippen LogP) is 3.46. The average molecular weight is 566 g/mol. The maximum atomic E-state index is 13.0. The molecule has 0 aliphatic carbocycles. The number of rotatable bonds is 10. The van der Waals surface area contributed by atoms with Crippen molar-refractivity contribution < 1.29 is 26.9 Å². The van der Waals surface area contributed by atoms with Crippen molar-refractivity contribution in [1.29, 1.82) is 0 Å². The van der Waals surface area contributed by atoms with Gasteiger partial charge >= 0.3 is 16.1 Å². The van der Waals surface area contributed by atoms with Gasteiger partial charge in [0.1, 0.15) is 21.7 Å². The van der Waals surface area contributed by atoms with Crippen LogP contribution in [0.15, 0.2) is 47.5 Å². The summed E-state index contributed by atoms with van der Waals surface area (Å²) in [5.74, 6) is 0.0717. The summed E-state index contributed by atoms with van der Waals surface area (Å²) in [6.07, 6.45) is 4.03. The number of hydrogen-bond acceptors (Lipinski definition) is 9. The van der Waals surface area contributed by atoms with Crippen LogP contribution >= 0.6 is 0 Å². The molecule has 40 heavy (non-hydrogen) atoms. The van der Waals surface area contributed by atoms with Crippen molar-refractivity contribution in [2.45, 2.75) is 31.1 Å². The Morgan fingerprint density at radius 3 is 2.70 bits per heavy atom. The van der Waals surface area contributed by atoms with Crippen LogP contribution in [-0.4, -0.2) is 68.0 Å². The van der Waals surface area contributed by atoms with E-state index in [4.69, 9.17) is 19.4 Å². The molecule has 3 N–H and O–H groups in total. The van der Waals surface area contributed by atoms with Crippen LogP contribution in [0.3, 0.4) is 0 Å². The lowest BCUT2D eigenvalue weighted by Crippen LogP contribution is -2.17. The molecule has 11 nitrogen and oxygen atoms in total. The van der Waals surface area contributed by atoms with Gasteiger partial charge in [0.05, 0.1) is 18.7 Å². The van der Waals surface area contributed by atoms with Crippen molar-refractivity contribution in [3.05, 3.63) is 59.3 Å². The molecule has 0 saturated heterocycles. The number of pyridine rings is 1. The van der Waals surface area contributed by atoms with Gasteiger partial charge in [-0.1, -0.05) is 17.7 Å². The molecule has 0 saturated carbocycles. The number of aromatic amines is 1. The molecule has 5 rings (SSSR count). The first-order chi connectivity index (χ1) is 19.1. The van der Waals surface area contributed by atoms with Gasteiger partial charge in [-0.3, -0.25) is 4.79 Å². The fraction of sp³-hybridized carbons (Fsp3) is 0.321. The largest absolute Gasteiger partial charge is 0.493 e. The molecule has 0 atom stereocenters. The minimum absolute atomic E-state index is 0.0299. The third kappa shape index (κ3) is 5.73. The first-order valence-electron chi connectivity index (χ1n) is 12.9. The van der Waals surface area contributed by atoms with Crippen LogP contribution in [0.25, 0.3) is 22.2 Å². The van der Waals surface area contributed by atoms with Crippen molar-refractivity contribution in [3.8, 4) is 28.8 Å².